The third kappa shape index (κ3) is 4.53. The van der Waals surface area contributed by atoms with E-state index < -0.39 is 10.0 Å². The van der Waals surface area contributed by atoms with Crippen LogP contribution in [0, 0.1) is 5.92 Å². The highest BCUT2D eigenvalue weighted by molar-refractivity contribution is 7.89. The first-order valence-corrected chi connectivity index (χ1v) is 9.34. The SMILES string of the molecule is CCNC(C)c1cccc(S(=O)(=O)NCCC2CCC2)c1. The number of hydrogen-bond acceptors (Lipinski definition) is 3. The van der Waals surface area contributed by atoms with Crippen LogP contribution in [-0.4, -0.2) is 21.5 Å². The Morgan fingerprint density at radius 2 is 2.10 bits per heavy atom. The molecule has 1 aromatic rings. The normalized spacial score (nSPS) is 17.4. The minimum atomic E-state index is -3.39. The number of rotatable bonds is 8. The molecule has 1 aliphatic carbocycles. The zero-order chi connectivity index (χ0) is 15.3. The fraction of sp³-hybridized carbons (Fsp3) is 0.625. The van der Waals surface area contributed by atoms with Gasteiger partial charge in [0, 0.05) is 12.6 Å². The molecule has 0 aromatic heterocycles. The molecule has 2 rings (SSSR count). The fourth-order valence-corrected chi connectivity index (χ4v) is 3.74. The van der Waals surface area contributed by atoms with Crippen LogP contribution in [0.1, 0.15) is 51.1 Å². The lowest BCUT2D eigenvalue weighted by Gasteiger charge is -2.25. The van der Waals surface area contributed by atoms with Crippen LogP contribution in [0.15, 0.2) is 29.2 Å². The molecule has 0 aliphatic heterocycles. The summed E-state index contributed by atoms with van der Waals surface area (Å²) in [6.45, 7) is 5.48. The van der Waals surface area contributed by atoms with Crippen molar-refractivity contribution in [2.75, 3.05) is 13.1 Å². The van der Waals surface area contributed by atoms with Crippen LogP contribution in [-0.2, 0) is 10.0 Å². The summed E-state index contributed by atoms with van der Waals surface area (Å²) in [7, 11) is -3.39. The standard InChI is InChI=1S/C16H26N2O2S/c1-3-17-13(2)15-8-5-9-16(12-15)21(19,20)18-11-10-14-6-4-7-14/h5,8-9,12-14,17-18H,3-4,6-7,10-11H2,1-2H3. The van der Waals surface area contributed by atoms with Gasteiger partial charge in [0.2, 0.25) is 10.0 Å². The van der Waals surface area contributed by atoms with E-state index in [-0.39, 0.29) is 6.04 Å². The van der Waals surface area contributed by atoms with Crippen LogP contribution in [0.4, 0.5) is 0 Å². The van der Waals surface area contributed by atoms with Crippen LogP contribution >= 0.6 is 0 Å². The average Bonchev–Trinajstić information content (AvgIpc) is 2.42. The van der Waals surface area contributed by atoms with Crippen molar-refractivity contribution in [2.24, 2.45) is 5.92 Å². The average molecular weight is 310 g/mol. The van der Waals surface area contributed by atoms with Crippen LogP contribution in [0.3, 0.4) is 0 Å². The van der Waals surface area contributed by atoms with Crippen LogP contribution in [0.5, 0.6) is 0 Å². The summed E-state index contributed by atoms with van der Waals surface area (Å²) in [5.74, 6) is 0.716. The van der Waals surface area contributed by atoms with Crippen molar-refractivity contribution in [3.05, 3.63) is 29.8 Å². The van der Waals surface area contributed by atoms with Crippen LogP contribution in [0.2, 0.25) is 0 Å². The molecule has 1 saturated carbocycles. The Morgan fingerprint density at radius 3 is 2.71 bits per heavy atom. The van der Waals surface area contributed by atoms with Gasteiger partial charge in [0.15, 0.2) is 0 Å². The molecular weight excluding hydrogens is 284 g/mol. The minimum absolute atomic E-state index is 0.153. The van der Waals surface area contributed by atoms with Gasteiger partial charge in [-0.2, -0.15) is 0 Å². The molecule has 118 valence electrons. The Hall–Kier alpha value is -0.910. The van der Waals surface area contributed by atoms with Gasteiger partial charge in [-0.1, -0.05) is 38.3 Å². The highest BCUT2D eigenvalue weighted by Crippen LogP contribution is 2.28. The van der Waals surface area contributed by atoms with Gasteiger partial charge in [-0.05, 0) is 43.5 Å². The van der Waals surface area contributed by atoms with E-state index in [4.69, 9.17) is 0 Å². The molecule has 2 N–H and O–H groups in total. The fourth-order valence-electron chi connectivity index (χ4n) is 2.64. The van der Waals surface area contributed by atoms with Gasteiger partial charge in [-0.25, -0.2) is 13.1 Å². The summed E-state index contributed by atoms with van der Waals surface area (Å²) in [6.07, 6.45) is 4.74. The first-order chi connectivity index (χ1) is 10.0. The summed E-state index contributed by atoms with van der Waals surface area (Å²) < 4.78 is 27.4. The summed E-state index contributed by atoms with van der Waals surface area (Å²) in [5.41, 5.74) is 0.999. The van der Waals surface area contributed by atoms with E-state index in [9.17, 15) is 8.42 Å². The molecular formula is C16H26N2O2S. The molecule has 4 nitrogen and oxygen atoms in total. The van der Waals surface area contributed by atoms with Gasteiger partial charge >= 0.3 is 0 Å². The molecule has 0 amide bonds. The maximum atomic E-state index is 12.3. The summed E-state index contributed by atoms with van der Waals surface area (Å²) in [6, 6.07) is 7.34. The Labute approximate surface area is 128 Å². The Morgan fingerprint density at radius 1 is 1.33 bits per heavy atom. The second kappa shape index (κ2) is 7.38. The van der Waals surface area contributed by atoms with Crippen molar-refractivity contribution in [1.82, 2.24) is 10.0 Å². The third-order valence-corrected chi connectivity index (χ3v) is 5.71. The van der Waals surface area contributed by atoms with Crippen LogP contribution < -0.4 is 10.0 Å². The first kappa shape index (κ1) is 16.5. The van der Waals surface area contributed by atoms with Gasteiger partial charge in [0.05, 0.1) is 4.90 Å². The predicted octanol–water partition coefficient (Wildman–Crippen LogP) is 2.83. The molecule has 1 atom stereocenters. The van der Waals surface area contributed by atoms with Crippen molar-refractivity contribution >= 4 is 10.0 Å². The third-order valence-electron chi connectivity index (χ3n) is 4.25. The maximum absolute atomic E-state index is 12.3. The molecule has 1 unspecified atom stereocenters. The van der Waals surface area contributed by atoms with E-state index in [0.717, 1.165) is 18.5 Å². The number of hydrogen-bond donors (Lipinski definition) is 2. The van der Waals surface area contributed by atoms with Gasteiger partial charge < -0.3 is 5.32 Å². The molecule has 1 aliphatic rings. The molecule has 0 heterocycles. The first-order valence-electron chi connectivity index (χ1n) is 7.86. The minimum Gasteiger partial charge on any atom is -0.310 e. The van der Waals surface area contributed by atoms with Crippen molar-refractivity contribution in [2.45, 2.75) is 50.5 Å². The molecule has 21 heavy (non-hydrogen) atoms. The second-order valence-electron chi connectivity index (χ2n) is 5.84. The number of sulfonamides is 1. The summed E-state index contributed by atoms with van der Waals surface area (Å²) in [4.78, 5) is 0.360. The van der Waals surface area contributed by atoms with Gasteiger partial charge in [0.25, 0.3) is 0 Å². The number of nitrogens with one attached hydrogen (secondary N) is 2. The zero-order valence-corrected chi connectivity index (χ0v) is 13.7. The van der Waals surface area contributed by atoms with Crippen LogP contribution in [0.25, 0.3) is 0 Å². The highest BCUT2D eigenvalue weighted by atomic mass is 32.2. The molecule has 1 fully saturated rings. The van der Waals surface area contributed by atoms with Crippen molar-refractivity contribution in [3.8, 4) is 0 Å². The second-order valence-corrected chi connectivity index (χ2v) is 7.60. The van der Waals surface area contributed by atoms with E-state index in [1.165, 1.54) is 19.3 Å². The Kier molecular flexibility index (Phi) is 5.79. The van der Waals surface area contributed by atoms with E-state index in [1.54, 1.807) is 12.1 Å². The topological polar surface area (TPSA) is 58.2 Å². The van der Waals surface area contributed by atoms with Gasteiger partial charge in [0.1, 0.15) is 0 Å². The molecule has 0 bridgehead atoms. The lowest BCUT2D eigenvalue weighted by Crippen LogP contribution is -2.28. The van der Waals surface area contributed by atoms with E-state index in [1.807, 2.05) is 26.0 Å². The molecule has 0 radical (unpaired) electrons. The largest absolute Gasteiger partial charge is 0.310 e. The monoisotopic (exact) mass is 310 g/mol. The molecule has 0 saturated heterocycles. The summed E-state index contributed by atoms with van der Waals surface area (Å²) in [5, 5.41) is 3.30. The van der Waals surface area contributed by atoms with Gasteiger partial charge in [-0.15, -0.1) is 0 Å². The number of benzene rings is 1. The van der Waals surface area contributed by atoms with Crippen molar-refractivity contribution in [3.63, 3.8) is 0 Å². The molecule has 0 spiro atoms. The molecule has 1 aromatic carbocycles. The maximum Gasteiger partial charge on any atom is 0.240 e. The van der Waals surface area contributed by atoms with Crippen molar-refractivity contribution < 1.29 is 8.42 Å². The van der Waals surface area contributed by atoms with Gasteiger partial charge in [-0.3, -0.25) is 0 Å². The lowest BCUT2D eigenvalue weighted by molar-refractivity contribution is 0.297. The lowest BCUT2D eigenvalue weighted by atomic mass is 9.83. The Balaban J connectivity index is 1.99. The zero-order valence-electron chi connectivity index (χ0n) is 12.9. The quantitative estimate of drug-likeness (QED) is 0.776. The Bertz CT molecular complexity index is 553. The summed E-state index contributed by atoms with van der Waals surface area (Å²) >= 11 is 0. The van der Waals surface area contributed by atoms with E-state index >= 15 is 0 Å². The highest BCUT2D eigenvalue weighted by Gasteiger charge is 2.19. The van der Waals surface area contributed by atoms with Crippen molar-refractivity contribution in [1.29, 1.82) is 0 Å². The predicted molar refractivity (Wildman–Crippen MR) is 85.7 cm³/mol. The van der Waals surface area contributed by atoms with E-state index in [0.29, 0.717) is 17.4 Å². The smallest absolute Gasteiger partial charge is 0.240 e. The van der Waals surface area contributed by atoms with E-state index in [2.05, 4.69) is 10.0 Å². The molecule has 5 heteroatoms.